The van der Waals surface area contributed by atoms with E-state index < -0.39 is 0 Å². The molecule has 0 aliphatic carbocycles. The average molecular weight is 686 g/mol. The molecule has 12 aromatic rings. The minimum atomic E-state index is 0.905. The molecule has 0 atom stereocenters. The Morgan fingerprint density at radius 1 is 0.352 bits per heavy atom. The third-order valence-corrected chi connectivity index (χ3v) is 11.5. The standard InChI is InChI=1S/C52H31NO/c1-2-17-35-32(14-1)31-46(37-19-4-3-18-36(35)37)50-42-24-7-5-22-40(42)49(41-23-6-8-25-43(41)50)33-15-13-16-34(30-33)53-47-26-11-9-20-38(47)44-28-29-45-39-21-10-12-27-48(39)54-52(45)51(44)53/h1-31H. The van der Waals surface area contributed by atoms with Crippen LogP contribution < -0.4 is 0 Å². The number of nitrogens with zero attached hydrogens (tertiary/aromatic N) is 1. The molecule has 0 N–H and O–H groups in total. The van der Waals surface area contributed by atoms with Gasteiger partial charge in [0, 0.05) is 27.2 Å². The smallest absolute Gasteiger partial charge is 0.160 e. The molecule has 0 radical (unpaired) electrons. The summed E-state index contributed by atoms with van der Waals surface area (Å²) in [4.78, 5) is 0. The normalized spacial score (nSPS) is 12.1. The summed E-state index contributed by atoms with van der Waals surface area (Å²) in [7, 11) is 0. The summed E-state index contributed by atoms with van der Waals surface area (Å²) >= 11 is 0. The van der Waals surface area contributed by atoms with Crippen LogP contribution in [0.2, 0.25) is 0 Å². The Balaban J connectivity index is 1.17. The Morgan fingerprint density at radius 2 is 0.926 bits per heavy atom. The zero-order valence-corrected chi connectivity index (χ0v) is 29.3. The van der Waals surface area contributed by atoms with Gasteiger partial charge in [-0.3, -0.25) is 0 Å². The van der Waals surface area contributed by atoms with Crippen molar-refractivity contribution in [2.24, 2.45) is 0 Å². The van der Waals surface area contributed by atoms with E-state index in [9.17, 15) is 0 Å². The molecule has 2 heterocycles. The van der Waals surface area contributed by atoms with Crippen LogP contribution in [0.25, 0.3) is 115 Å². The first-order chi connectivity index (χ1) is 26.8. The molecule has 10 aromatic carbocycles. The molecular weight excluding hydrogens is 655 g/mol. The zero-order chi connectivity index (χ0) is 35.3. The maximum Gasteiger partial charge on any atom is 0.160 e. The highest BCUT2D eigenvalue weighted by atomic mass is 16.3. The van der Waals surface area contributed by atoms with E-state index in [0.29, 0.717) is 0 Å². The van der Waals surface area contributed by atoms with Crippen LogP contribution in [0.4, 0.5) is 0 Å². The van der Waals surface area contributed by atoms with Crippen molar-refractivity contribution in [3.05, 3.63) is 188 Å². The van der Waals surface area contributed by atoms with Gasteiger partial charge < -0.3 is 8.98 Å². The van der Waals surface area contributed by atoms with E-state index >= 15 is 0 Å². The quantitative estimate of drug-likeness (QED) is 0.134. The van der Waals surface area contributed by atoms with Crippen LogP contribution in [-0.2, 0) is 0 Å². The van der Waals surface area contributed by atoms with Gasteiger partial charge in [-0.1, -0.05) is 152 Å². The summed E-state index contributed by atoms with van der Waals surface area (Å²) in [5.74, 6) is 0. The van der Waals surface area contributed by atoms with Gasteiger partial charge in [0.2, 0.25) is 0 Å². The van der Waals surface area contributed by atoms with Gasteiger partial charge in [-0.05, 0) is 102 Å². The van der Waals surface area contributed by atoms with E-state index in [2.05, 4.69) is 187 Å². The molecule has 0 aliphatic heterocycles. The maximum atomic E-state index is 6.68. The first-order valence-corrected chi connectivity index (χ1v) is 18.6. The van der Waals surface area contributed by atoms with Crippen molar-refractivity contribution in [2.45, 2.75) is 0 Å². The second-order valence-electron chi connectivity index (χ2n) is 14.4. The highest BCUT2D eigenvalue weighted by Gasteiger charge is 2.22. The molecule has 0 amide bonds. The summed E-state index contributed by atoms with van der Waals surface area (Å²) in [5.41, 5.74) is 10.1. The monoisotopic (exact) mass is 685 g/mol. The molecule has 2 nitrogen and oxygen atoms in total. The first kappa shape index (κ1) is 29.4. The van der Waals surface area contributed by atoms with Gasteiger partial charge in [0.25, 0.3) is 0 Å². The van der Waals surface area contributed by atoms with E-state index in [1.54, 1.807) is 0 Å². The lowest BCUT2D eigenvalue weighted by atomic mass is 9.84. The van der Waals surface area contributed by atoms with Crippen molar-refractivity contribution in [1.29, 1.82) is 0 Å². The summed E-state index contributed by atoms with van der Waals surface area (Å²) < 4.78 is 9.08. The van der Waals surface area contributed by atoms with E-state index in [-0.39, 0.29) is 0 Å². The molecule has 0 saturated carbocycles. The molecule has 0 unspecified atom stereocenters. The number of aromatic nitrogens is 1. The molecular formula is C52H31NO. The fraction of sp³-hybridized carbons (Fsp3) is 0. The summed E-state index contributed by atoms with van der Waals surface area (Å²) in [6, 6.07) is 68.6. The molecule has 250 valence electrons. The molecule has 0 spiro atoms. The number of para-hydroxylation sites is 2. The molecule has 2 heteroatoms. The molecule has 0 aliphatic rings. The average Bonchev–Trinajstić information content (AvgIpc) is 3.79. The van der Waals surface area contributed by atoms with Crippen LogP contribution in [-0.4, -0.2) is 4.57 Å². The Kier molecular flexibility index (Phi) is 6.09. The fourth-order valence-electron chi connectivity index (χ4n) is 9.29. The maximum absolute atomic E-state index is 6.68. The van der Waals surface area contributed by atoms with Crippen LogP contribution in [0.15, 0.2) is 192 Å². The van der Waals surface area contributed by atoms with E-state index in [0.717, 1.165) is 38.7 Å². The Labute approximate surface area is 310 Å². The number of fused-ring (bicyclic) bond motifs is 12. The van der Waals surface area contributed by atoms with Gasteiger partial charge in [0.05, 0.1) is 11.0 Å². The first-order valence-electron chi connectivity index (χ1n) is 18.6. The Bertz CT molecular complexity index is 3450. The second-order valence-corrected chi connectivity index (χ2v) is 14.4. The van der Waals surface area contributed by atoms with E-state index in [1.807, 2.05) is 6.07 Å². The van der Waals surface area contributed by atoms with Crippen molar-refractivity contribution in [3.63, 3.8) is 0 Å². The van der Waals surface area contributed by atoms with Gasteiger partial charge in [0.1, 0.15) is 5.58 Å². The van der Waals surface area contributed by atoms with Crippen LogP contribution >= 0.6 is 0 Å². The molecule has 0 bridgehead atoms. The topological polar surface area (TPSA) is 18.1 Å². The van der Waals surface area contributed by atoms with Crippen LogP contribution in [0, 0.1) is 0 Å². The van der Waals surface area contributed by atoms with Gasteiger partial charge in [-0.15, -0.1) is 0 Å². The van der Waals surface area contributed by atoms with Crippen LogP contribution in [0.3, 0.4) is 0 Å². The van der Waals surface area contributed by atoms with Gasteiger partial charge >= 0.3 is 0 Å². The number of benzene rings is 10. The van der Waals surface area contributed by atoms with Crippen molar-refractivity contribution in [1.82, 2.24) is 4.57 Å². The lowest BCUT2D eigenvalue weighted by Gasteiger charge is -2.20. The van der Waals surface area contributed by atoms with Crippen LogP contribution in [0.1, 0.15) is 0 Å². The second kappa shape index (κ2) is 11.2. The van der Waals surface area contributed by atoms with E-state index in [4.69, 9.17) is 4.42 Å². The summed E-state index contributed by atoms with van der Waals surface area (Å²) in [5, 5.41) is 14.7. The predicted octanol–water partition coefficient (Wildman–Crippen LogP) is 14.6. The van der Waals surface area contributed by atoms with Crippen molar-refractivity contribution >= 4 is 86.8 Å². The molecule has 54 heavy (non-hydrogen) atoms. The largest absolute Gasteiger partial charge is 0.454 e. The highest BCUT2D eigenvalue weighted by molar-refractivity contribution is 6.26. The predicted molar refractivity (Wildman–Crippen MR) is 229 cm³/mol. The van der Waals surface area contributed by atoms with Crippen molar-refractivity contribution < 1.29 is 4.42 Å². The summed E-state index contributed by atoms with van der Waals surface area (Å²) in [6.07, 6.45) is 0. The third-order valence-electron chi connectivity index (χ3n) is 11.5. The lowest BCUT2D eigenvalue weighted by molar-refractivity contribution is 0.671. The minimum Gasteiger partial charge on any atom is -0.454 e. The molecule has 0 saturated heterocycles. The van der Waals surface area contributed by atoms with E-state index in [1.165, 1.54) is 76.1 Å². The Morgan fingerprint density at radius 3 is 1.69 bits per heavy atom. The van der Waals surface area contributed by atoms with Crippen LogP contribution in [0.5, 0.6) is 0 Å². The molecule has 2 aromatic heterocycles. The molecule has 12 rings (SSSR count). The Hall–Kier alpha value is -7.16. The number of hydrogen-bond acceptors (Lipinski definition) is 1. The summed E-state index contributed by atoms with van der Waals surface area (Å²) in [6.45, 7) is 0. The van der Waals surface area contributed by atoms with Gasteiger partial charge in [-0.25, -0.2) is 0 Å². The SMILES string of the molecule is c1cc(-c2c3ccccc3c(-c3cc4ccccc4c4ccccc34)c3ccccc23)cc(-n2c3ccccc3c3ccc4c5ccccc5oc4c32)c1. The highest BCUT2D eigenvalue weighted by Crippen LogP contribution is 2.47. The minimum absolute atomic E-state index is 0.905. The van der Waals surface area contributed by atoms with Gasteiger partial charge in [-0.2, -0.15) is 0 Å². The third kappa shape index (κ3) is 4.05. The molecule has 0 fully saturated rings. The van der Waals surface area contributed by atoms with Gasteiger partial charge in [0.15, 0.2) is 5.58 Å². The number of hydrogen-bond donors (Lipinski definition) is 0. The fourth-order valence-corrected chi connectivity index (χ4v) is 9.29. The van der Waals surface area contributed by atoms with Crippen molar-refractivity contribution in [2.75, 3.05) is 0 Å². The number of rotatable bonds is 3. The van der Waals surface area contributed by atoms with Crippen molar-refractivity contribution in [3.8, 4) is 27.9 Å². The zero-order valence-electron chi connectivity index (χ0n) is 29.3. The number of furan rings is 1. The lowest BCUT2D eigenvalue weighted by Crippen LogP contribution is -1.96.